The predicted molar refractivity (Wildman–Crippen MR) is 86.6 cm³/mol. The number of halogens is 1. The maximum atomic E-state index is 13.0. The van der Waals surface area contributed by atoms with Crippen LogP contribution < -0.4 is 4.90 Å². The first kappa shape index (κ1) is 15.4. The number of imide groups is 1. The molecule has 3 nitrogen and oxygen atoms in total. The summed E-state index contributed by atoms with van der Waals surface area (Å²) in [5, 5.41) is 0. The van der Waals surface area contributed by atoms with Gasteiger partial charge in [0.2, 0.25) is 11.8 Å². The molecule has 1 saturated heterocycles. The lowest BCUT2D eigenvalue weighted by atomic mass is 9.95. The molecular weight excluding hydrogens is 293 g/mol. The van der Waals surface area contributed by atoms with Crippen LogP contribution in [0.1, 0.15) is 23.1 Å². The summed E-state index contributed by atoms with van der Waals surface area (Å²) < 4.78 is 13.0. The Labute approximate surface area is 134 Å². The molecule has 23 heavy (non-hydrogen) atoms. The van der Waals surface area contributed by atoms with E-state index in [9.17, 15) is 14.0 Å². The molecule has 0 aromatic heterocycles. The van der Waals surface area contributed by atoms with Gasteiger partial charge in [0.05, 0.1) is 11.6 Å². The van der Waals surface area contributed by atoms with Gasteiger partial charge in [-0.05, 0) is 50.1 Å². The average Bonchev–Trinajstić information content (AvgIpc) is 2.74. The van der Waals surface area contributed by atoms with Gasteiger partial charge in [0.25, 0.3) is 0 Å². The van der Waals surface area contributed by atoms with E-state index in [1.165, 1.54) is 29.2 Å². The minimum atomic E-state index is -0.389. The summed E-state index contributed by atoms with van der Waals surface area (Å²) >= 11 is 0. The van der Waals surface area contributed by atoms with Crippen LogP contribution in [0.15, 0.2) is 42.5 Å². The Bertz CT molecular complexity index is 747. The Hall–Kier alpha value is -2.49. The van der Waals surface area contributed by atoms with Gasteiger partial charge in [-0.15, -0.1) is 0 Å². The second-order valence-corrected chi connectivity index (χ2v) is 6.14. The molecule has 2 aromatic rings. The van der Waals surface area contributed by atoms with Crippen LogP contribution in [-0.2, 0) is 16.0 Å². The molecule has 3 rings (SSSR count). The van der Waals surface area contributed by atoms with Crippen molar-refractivity contribution in [3.05, 3.63) is 65.0 Å². The first-order valence-corrected chi connectivity index (χ1v) is 7.63. The molecule has 0 bridgehead atoms. The molecule has 0 radical (unpaired) electrons. The van der Waals surface area contributed by atoms with Gasteiger partial charge in [0, 0.05) is 6.42 Å². The fraction of sp³-hybridized carbons (Fsp3) is 0.263. The third-order valence-corrected chi connectivity index (χ3v) is 4.09. The number of carbonyl (C=O) groups is 2. The van der Waals surface area contributed by atoms with Gasteiger partial charge < -0.3 is 0 Å². The maximum Gasteiger partial charge on any atom is 0.237 e. The lowest BCUT2D eigenvalue weighted by Crippen LogP contribution is -2.30. The van der Waals surface area contributed by atoms with Gasteiger partial charge in [0.1, 0.15) is 5.82 Å². The molecular formula is C19H18FNO2. The van der Waals surface area contributed by atoms with Gasteiger partial charge in [-0.3, -0.25) is 14.5 Å². The summed E-state index contributed by atoms with van der Waals surface area (Å²) in [6.45, 7) is 4.03. The van der Waals surface area contributed by atoms with Crippen LogP contribution in [-0.4, -0.2) is 11.8 Å². The molecule has 0 N–H and O–H groups in total. The number of aryl methyl sites for hydroxylation is 2. The predicted octanol–water partition coefficient (Wildman–Crippen LogP) is 3.56. The van der Waals surface area contributed by atoms with E-state index in [2.05, 4.69) is 6.07 Å². The van der Waals surface area contributed by atoms with Crippen LogP contribution in [0, 0.1) is 25.6 Å². The number of carbonyl (C=O) groups excluding carboxylic acids is 2. The molecule has 1 aliphatic rings. The molecule has 118 valence electrons. The minimum Gasteiger partial charge on any atom is -0.274 e. The number of hydrogen-bond donors (Lipinski definition) is 0. The fourth-order valence-electron chi connectivity index (χ4n) is 3.19. The monoisotopic (exact) mass is 311 g/mol. The Morgan fingerprint density at radius 2 is 1.65 bits per heavy atom. The lowest BCUT2D eigenvalue weighted by molar-refractivity contribution is -0.122. The van der Waals surface area contributed by atoms with Crippen LogP contribution >= 0.6 is 0 Å². The van der Waals surface area contributed by atoms with Crippen molar-refractivity contribution < 1.29 is 14.0 Å². The number of nitrogens with zero attached hydrogens (tertiary/aromatic N) is 1. The maximum absolute atomic E-state index is 13.0. The van der Waals surface area contributed by atoms with E-state index in [4.69, 9.17) is 0 Å². The van der Waals surface area contributed by atoms with Gasteiger partial charge in [0.15, 0.2) is 0 Å². The van der Waals surface area contributed by atoms with E-state index in [-0.39, 0.29) is 30.0 Å². The second kappa shape index (κ2) is 5.95. The molecule has 1 aliphatic heterocycles. The van der Waals surface area contributed by atoms with Crippen molar-refractivity contribution in [2.45, 2.75) is 26.7 Å². The molecule has 2 amide bonds. The Morgan fingerprint density at radius 1 is 1.04 bits per heavy atom. The zero-order chi connectivity index (χ0) is 16.6. The van der Waals surface area contributed by atoms with E-state index < -0.39 is 0 Å². The highest BCUT2D eigenvalue weighted by atomic mass is 19.1. The molecule has 0 saturated carbocycles. The van der Waals surface area contributed by atoms with E-state index in [1.807, 2.05) is 26.0 Å². The van der Waals surface area contributed by atoms with E-state index in [0.717, 1.165) is 16.7 Å². The van der Waals surface area contributed by atoms with Gasteiger partial charge >= 0.3 is 0 Å². The smallest absolute Gasteiger partial charge is 0.237 e. The second-order valence-electron chi connectivity index (χ2n) is 6.14. The SMILES string of the molecule is Cc1cc(C)cc(C[C@@H]2CC(=O)N(c3ccc(F)cc3)C2=O)c1. The zero-order valence-electron chi connectivity index (χ0n) is 13.2. The number of benzene rings is 2. The Kier molecular flexibility index (Phi) is 3.99. The molecule has 1 fully saturated rings. The van der Waals surface area contributed by atoms with E-state index >= 15 is 0 Å². The molecule has 0 spiro atoms. The van der Waals surface area contributed by atoms with Crippen molar-refractivity contribution in [1.82, 2.24) is 0 Å². The number of anilines is 1. The average molecular weight is 311 g/mol. The minimum absolute atomic E-state index is 0.198. The summed E-state index contributed by atoms with van der Waals surface area (Å²) in [4.78, 5) is 26.0. The van der Waals surface area contributed by atoms with Gasteiger partial charge in [-0.1, -0.05) is 29.3 Å². The first-order chi connectivity index (χ1) is 10.9. The van der Waals surface area contributed by atoms with Crippen molar-refractivity contribution in [3.8, 4) is 0 Å². The highest BCUT2D eigenvalue weighted by Crippen LogP contribution is 2.29. The van der Waals surface area contributed by atoms with Crippen LogP contribution in [0.4, 0.5) is 10.1 Å². The highest BCUT2D eigenvalue weighted by molar-refractivity contribution is 6.20. The quantitative estimate of drug-likeness (QED) is 0.813. The number of rotatable bonds is 3. The van der Waals surface area contributed by atoms with Crippen LogP contribution in [0.3, 0.4) is 0 Å². The summed E-state index contributed by atoms with van der Waals surface area (Å²) in [5.41, 5.74) is 3.79. The molecule has 2 aromatic carbocycles. The largest absolute Gasteiger partial charge is 0.274 e. The Morgan fingerprint density at radius 3 is 2.26 bits per heavy atom. The third-order valence-electron chi connectivity index (χ3n) is 4.09. The summed E-state index contributed by atoms with van der Waals surface area (Å²) in [5.74, 6) is -1.18. The van der Waals surface area contributed by atoms with E-state index in [0.29, 0.717) is 12.1 Å². The molecule has 0 aliphatic carbocycles. The zero-order valence-corrected chi connectivity index (χ0v) is 13.2. The Balaban J connectivity index is 1.82. The van der Waals surface area contributed by atoms with Crippen molar-refractivity contribution in [2.24, 2.45) is 5.92 Å². The summed E-state index contributed by atoms with van der Waals surface area (Å²) in [6, 6.07) is 11.6. The molecule has 1 heterocycles. The third kappa shape index (κ3) is 3.16. The summed E-state index contributed by atoms with van der Waals surface area (Å²) in [7, 11) is 0. The summed E-state index contributed by atoms with van der Waals surface area (Å²) in [6.07, 6.45) is 0.744. The molecule has 0 unspecified atom stereocenters. The fourth-order valence-corrected chi connectivity index (χ4v) is 3.19. The standard InChI is InChI=1S/C19H18FNO2/c1-12-7-13(2)9-14(8-12)10-15-11-18(22)21(19(15)23)17-5-3-16(20)4-6-17/h3-9,15H,10-11H2,1-2H3/t15-/m1/s1. The highest BCUT2D eigenvalue weighted by Gasteiger charge is 2.39. The van der Waals surface area contributed by atoms with Crippen LogP contribution in [0.2, 0.25) is 0 Å². The number of amides is 2. The van der Waals surface area contributed by atoms with Crippen molar-refractivity contribution in [3.63, 3.8) is 0 Å². The van der Waals surface area contributed by atoms with Crippen LogP contribution in [0.5, 0.6) is 0 Å². The normalized spacial score (nSPS) is 17.9. The molecule has 4 heteroatoms. The topological polar surface area (TPSA) is 37.4 Å². The first-order valence-electron chi connectivity index (χ1n) is 7.63. The van der Waals surface area contributed by atoms with Crippen molar-refractivity contribution >= 4 is 17.5 Å². The van der Waals surface area contributed by atoms with Crippen molar-refractivity contribution in [2.75, 3.05) is 4.90 Å². The van der Waals surface area contributed by atoms with Gasteiger partial charge in [-0.25, -0.2) is 4.39 Å². The molecule has 1 atom stereocenters. The van der Waals surface area contributed by atoms with Crippen LogP contribution in [0.25, 0.3) is 0 Å². The number of hydrogen-bond acceptors (Lipinski definition) is 2. The van der Waals surface area contributed by atoms with Gasteiger partial charge in [-0.2, -0.15) is 0 Å². The lowest BCUT2D eigenvalue weighted by Gasteiger charge is -2.15. The van der Waals surface area contributed by atoms with Crippen molar-refractivity contribution in [1.29, 1.82) is 0 Å². The van der Waals surface area contributed by atoms with E-state index in [1.54, 1.807) is 0 Å².